The molecule has 10 heteroatoms. The molecule has 5 rings (SSSR count). The van der Waals surface area contributed by atoms with Gasteiger partial charge in [0.15, 0.2) is 5.11 Å². The quantitative estimate of drug-likeness (QED) is 0.188. The van der Waals surface area contributed by atoms with Crippen molar-refractivity contribution < 1.29 is 14.4 Å². The lowest BCUT2D eigenvalue weighted by Gasteiger charge is -2.29. The highest BCUT2D eigenvalue weighted by atomic mass is 32.1. The van der Waals surface area contributed by atoms with Crippen molar-refractivity contribution in [1.82, 2.24) is 14.9 Å². The summed E-state index contributed by atoms with van der Waals surface area (Å²) in [5, 5.41) is 16.0. The lowest BCUT2D eigenvalue weighted by molar-refractivity contribution is -0.384. The van der Waals surface area contributed by atoms with E-state index in [-0.39, 0.29) is 22.7 Å². The summed E-state index contributed by atoms with van der Waals surface area (Å²) >= 11 is 5.86. The number of ether oxygens (including phenoxy) is 2. The van der Waals surface area contributed by atoms with E-state index in [1.165, 1.54) is 13.2 Å². The molecule has 1 aliphatic heterocycles. The van der Waals surface area contributed by atoms with Crippen LogP contribution < -0.4 is 19.7 Å². The average Bonchev–Trinajstić information content (AvgIpc) is 3.43. The van der Waals surface area contributed by atoms with E-state index in [9.17, 15) is 10.1 Å². The molecule has 0 saturated carbocycles. The van der Waals surface area contributed by atoms with Crippen molar-refractivity contribution in [1.29, 1.82) is 0 Å². The Balaban J connectivity index is 1.72. The molecule has 0 spiro atoms. The van der Waals surface area contributed by atoms with Gasteiger partial charge >= 0.3 is 0 Å². The average molecular weight is 530 g/mol. The third kappa shape index (κ3) is 4.22. The Labute approximate surface area is 225 Å². The number of hydrogen-bond acceptors (Lipinski definition) is 6. The Morgan fingerprint density at radius 1 is 1.00 bits per heavy atom. The molecule has 1 saturated heterocycles. The Morgan fingerprint density at radius 3 is 2.45 bits per heavy atom. The summed E-state index contributed by atoms with van der Waals surface area (Å²) in [7, 11) is 3.12. The molecule has 1 N–H and O–H groups in total. The molecule has 194 valence electrons. The number of nitro groups is 1. The number of rotatable bonds is 7. The van der Waals surface area contributed by atoms with Crippen molar-refractivity contribution in [3.63, 3.8) is 0 Å². The number of benzene rings is 2. The first-order valence-corrected chi connectivity index (χ1v) is 12.4. The van der Waals surface area contributed by atoms with Crippen molar-refractivity contribution in [2.75, 3.05) is 19.1 Å². The summed E-state index contributed by atoms with van der Waals surface area (Å²) in [5.41, 5.74) is 4.73. The van der Waals surface area contributed by atoms with Crippen LogP contribution in [0, 0.1) is 24.0 Å². The van der Waals surface area contributed by atoms with Gasteiger partial charge in [-0.25, -0.2) is 0 Å². The van der Waals surface area contributed by atoms with Crippen LogP contribution in [0.3, 0.4) is 0 Å². The van der Waals surface area contributed by atoms with E-state index in [4.69, 9.17) is 21.7 Å². The molecule has 2 unspecified atom stereocenters. The molecule has 38 heavy (non-hydrogen) atoms. The van der Waals surface area contributed by atoms with Crippen LogP contribution in [-0.2, 0) is 0 Å². The van der Waals surface area contributed by atoms with Crippen molar-refractivity contribution in [2.24, 2.45) is 0 Å². The van der Waals surface area contributed by atoms with Gasteiger partial charge in [0.1, 0.15) is 17.2 Å². The maximum absolute atomic E-state index is 12.0. The molecule has 0 bridgehead atoms. The minimum atomic E-state index is -0.388. The fourth-order valence-corrected chi connectivity index (χ4v) is 5.52. The van der Waals surface area contributed by atoms with E-state index in [0.717, 1.165) is 28.3 Å². The molecule has 0 aliphatic carbocycles. The molecule has 4 aromatic rings. The van der Waals surface area contributed by atoms with Gasteiger partial charge in [-0.2, -0.15) is 0 Å². The topological polar surface area (TPSA) is 94.7 Å². The Kier molecular flexibility index (Phi) is 6.73. The van der Waals surface area contributed by atoms with E-state index in [0.29, 0.717) is 22.3 Å². The molecule has 0 amide bonds. The number of para-hydroxylation sites is 2. The number of anilines is 1. The summed E-state index contributed by atoms with van der Waals surface area (Å²) < 4.78 is 12.8. The monoisotopic (exact) mass is 529 g/mol. The standard InChI is InChI=1S/C28H27N5O4S/c1-17-15-20(18(2)31(17)22-13-12-19(36-3)16-24(22)33(34)35)27-26(21-9-7-8-14-29-21)30-28(38)32(27)23-10-5-6-11-25(23)37-4/h5-16,26-27H,1-4H3,(H,30,38). The highest BCUT2D eigenvalue weighted by Gasteiger charge is 2.43. The summed E-state index contributed by atoms with van der Waals surface area (Å²) in [4.78, 5) is 18.3. The number of aromatic nitrogens is 2. The fourth-order valence-electron chi connectivity index (χ4n) is 5.18. The van der Waals surface area contributed by atoms with Crippen LogP contribution in [0.15, 0.2) is 72.9 Å². The van der Waals surface area contributed by atoms with Crippen molar-refractivity contribution >= 4 is 28.7 Å². The maximum atomic E-state index is 12.0. The molecular weight excluding hydrogens is 502 g/mol. The van der Waals surface area contributed by atoms with Gasteiger partial charge in [-0.05, 0) is 74.1 Å². The van der Waals surface area contributed by atoms with Gasteiger partial charge in [-0.3, -0.25) is 15.1 Å². The second-order valence-corrected chi connectivity index (χ2v) is 9.33. The zero-order chi connectivity index (χ0) is 27.0. The molecule has 2 aromatic heterocycles. The van der Waals surface area contributed by atoms with Gasteiger partial charge in [0, 0.05) is 17.6 Å². The third-order valence-electron chi connectivity index (χ3n) is 6.85. The lowest BCUT2D eigenvalue weighted by atomic mass is 9.96. The van der Waals surface area contributed by atoms with Crippen molar-refractivity contribution in [3.8, 4) is 17.2 Å². The number of nitrogens with zero attached hydrogens (tertiary/aromatic N) is 4. The van der Waals surface area contributed by atoms with Crippen LogP contribution in [-0.4, -0.2) is 33.8 Å². The maximum Gasteiger partial charge on any atom is 0.296 e. The zero-order valence-corrected chi connectivity index (χ0v) is 22.2. The van der Waals surface area contributed by atoms with Gasteiger partial charge in [0.2, 0.25) is 0 Å². The number of thiocarbonyl (C=S) groups is 1. The Morgan fingerprint density at radius 2 is 1.76 bits per heavy atom. The molecule has 1 fully saturated rings. The number of hydrogen-bond donors (Lipinski definition) is 1. The normalized spacial score (nSPS) is 16.8. The molecule has 0 radical (unpaired) electrons. The summed E-state index contributed by atoms with van der Waals surface area (Å²) in [6.45, 7) is 3.90. The number of nitrogens with one attached hydrogen (secondary N) is 1. The summed E-state index contributed by atoms with van der Waals surface area (Å²) in [6, 6.07) is 19.9. The van der Waals surface area contributed by atoms with Crippen LogP contribution in [0.5, 0.6) is 11.5 Å². The van der Waals surface area contributed by atoms with E-state index in [1.807, 2.05) is 65.8 Å². The number of nitro benzene ring substituents is 1. The second-order valence-electron chi connectivity index (χ2n) is 8.94. The molecule has 2 aromatic carbocycles. The van der Waals surface area contributed by atoms with Gasteiger partial charge in [0.25, 0.3) is 5.69 Å². The fraction of sp³-hybridized carbons (Fsp3) is 0.214. The molecule has 1 aliphatic rings. The molecule has 9 nitrogen and oxygen atoms in total. The van der Waals surface area contributed by atoms with Crippen molar-refractivity contribution in [3.05, 3.63) is 106 Å². The van der Waals surface area contributed by atoms with E-state index in [1.54, 1.807) is 25.4 Å². The minimum Gasteiger partial charge on any atom is -0.496 e. The molecule has 3 heterocycles. The van der Waals surface area contributed by atoms with Gasteiger partial charge in [-0.15, -0.1) is 0 Å². The predicted molar refractivity (Wildman–Crippen MR) is 149 cm³/mol. The van der Waals surface area contributed by atoms with Crippen LogP contribution in [0.25, 0.3) is 5.69 Å². The Hall–Kier alpha value is -4.44. The van der Waals surface area contributed by atoms with Crippen LogP contribution in [0.1, 0.15) is 34.7 Å². The predicted octanol–water partition coefficient (Wildman–Crippen LogP) is 5.59. The van der Waals surface area contributed by atoms with E-state index >= 15 is 0 Å². The van der Waals surface area contributed by atoms with Gasteiger partial charge in [0.05, 0.1) is 48.7 Å². The number of aryl methyl sites for hydroxylation is 1. The SMILES string of the molecule is COc1ccc(-n2c(C)cc(C3C(c4ccccn4)NC(=S)N3c3ccccc3OC)c2C)c([N+](=O)[O-])c1. The molecule has 2 atom stereocenters. The largest absolute Gasteiger partial charge is 0.496 e. The number of methoxy groups -OCH3 is 2. The first-order chi connectivity index (χ1) is 18.3. The highest BCUT2D eigenvalue weighted by molar-refractivity contribution is 7.80. The first kappa shape index (κ1) is 25.2. The second kappa shape index (κ2) is 10.1. The van der Waals surface area contributed by atoms with Crippen LogP contribution >= 0.6 is 12.2 Å². The lowest BCUT2D eigenvalue weighted by Crippen LogP contribution is -2.30. The number of pyridine rings is 1. The van der Waals surface area contributed by atoms with E-state index in [2.05, 4.69) is 16.4 Å². The van der Waals surface area contributed by atoms with Gasteiger partial charge < -0.3 is 24.3 Å². The summed E-state index contributed by atoms with van der Waals surface area (Å²) in [5.74, 6) is 1.11. The van der Waals surface area contributed by atoms with E-state index < -0.39 is 0 Å². The van der Waals surface area contributed by atoms with Crippen LogP contribution in [0.2, 0.25) is 0 Å². The third-order valence-corrected chi connectivity index (χ3v) is 7.17. The Bertz CT molecular complexity index is 1520. The van der Waals surface area contributed by atoms with Crippen molar-refractivity contribution in [2.45, 2.75) is 25.9 Å². The van der Waals surface area contributed by atoms with Crippen LogP contribution in [0.4, 0.5) is 11.4 Å². The minimum absolute atomic E-state index is 0.0411. The smallest absolute Gasteiger partial charge is 0.296 e. The highest BCUT2D eigenvalue weighted by Crippen LogP contribution is 2.46. The first-order valence-electron chi connectivity index (χ1n) is 12.0. The summed E-state index contributed by atoms with van der Waals surface area (Å²) in [6.07, 6.45) is 1.76. The zero-order valence-electron chi connectivity index (χ0n) is 21.4. The van der Waals surface area contributed by atoms with Gasteiger partial charge in [-0.1, -0.05) is 18.2 Å². The molecular formula is C28H27N5O4S.